The monoisotopic (exact) mass is 412 g/mol. The summed E-state index contributed by atoms with van der Waals surface area (Å²) >= 11 is 1.12. The molecule has 0 spiro atoms. The zero-order valence-corrected chi connectivity index (χ0v) is 15.0. The Morgan fingerprint density at radius 1 is 1.29 bits per heavy atom. The number of hydrogen-bond donors (Lipinski definition) is 0. The lowest BCUT2D eigenvalue weighted by Gasteiger charge is -2.06. The molecule has 0 amide bonds. The highest BCUT2D eigenvalue weighted by atomic mass is 32.1. The molecule has 2 heterocycles. The van der Waals surface area contributed by atoms with Gasteiger partial charge in [0.15, 0.2) is 0 Å². The zero-order chi connectivity index (χ0) is 20.3. The minimum Gasteiger partial charge on any atom is -0.411 e. The van der Waals surface area contributed by atoms with Crippen molar-refractivity contribution in [3.63, 3.8) is 0 Å². The quantitative estimate of drug-likeness (QED) is 0.203. The van der Waals surface area contributed by atoms with E-state index in [1.807, 2.05) is 0 Å². The first-order chi connectivity index (χ1) is 13.3. The zero-order valence-electron chi connectivity index (χ0n) is 14.1. The maximum absolute atomic E-state index is 12.6. The molecule has 146 valence electrons. The van der Waals surface area contributed by atoms with Crippen molar-refractivity contribution in [2.24, 2.45) is 5.16 Å². The summed E-state index contributed by atoms with van der Waals surface area (Å²) in [4.78, 5) is 33.3. The Hall–Kier alpha value is -3.28. The van der Waals surface area contributed by atoms with E-state index in [9.17, 15) is 22.8 Å². The Kier molecular flexibility index (Phi) is 5.40. The van der Waals surface area contributed by atoms with Gasteiger partial charge in [0.1, 0.15) is 7.11 Å². The summed E-state index contributed by atoms with van der Waals surface area (Å²) in [5.74, 6) is -1.35. The van der Waals surface area contributed by atoms with Gasteiger partial charge in [0.05, 0.1) is 12.0 Å². The van der Waals surface area contributed by atoms with Gasteiger partial charge >= 0.3 is 12.1 Å². The summed E-state index contributed by atoms with van der Waals surface area (Å²) in [6, 6.07) is 3.79. The van der Waals surface area contributed by atoms with E-state index in [1.54, 1.807) is 0 Å². The van der Waals surface area contributed by atoms with E-state index < -0.39 is 23.5 Å². The fourth-order valence-electron chi connectivity index (χ4n) is 2.17. The first kappa shape index (κ1) is 19.5. The number of hydrogen-bond acceptors (Lipinski definition) is 8. The predicted octanol–water partition coefficient (Wildman–Crippen LogP) is 2.72. The summed E-state index contributed by atoms with van der Waals surface area (Å²) in [5.41, 5.74) is -0.817. The largest absolute Gasteiger partial charge is 0.416 e. The van der Waals surface area contributed by atoms with Crippen molar-refractivity contribution >= 4 is 34.5 Å². The number of carbonyl (C=O) groups is 2. The second-order valence-corrected chi connectivity index (χ2v) is 6.42. The molecule has 0 aliphatic carbocycles. The van der Waals surface area contributed by atoms with Gasteiger partial charge in [-0.1, -0.05) is 28.6 Å². The smallest absolute Gasteiger partial charge is 0.411 e. The molecule has 0 atom stereocenters. The number of rotatable bonds is 6. The van der Waals surface area contributed by atoms with E-state index in [4.69, 9.17) is 0 Å². The third-order valence-electron chi connectivity index (χ3n) is 3.42. The molecule has 28 heavy (non-hydrogen) atoms. The molecule has 12 heteroatoms. The third kappa shape index (κ3) is 4.34. The molecule has 2 aromatic heterocycles. The summed E-state index contributed by atoms with van der Waals surface area (Å²) in [6.07, 6.45) is -2.18. The van der Waals surface area contributed by atoms with Crippen molar-refractivity contribution in [1.29, 1.82) is 0 Å². The molecule has 3 aromatic rings. The lowest BCUT2D eigenvalue weighted by molar-refractivity contribution is -0.137. The lowest BCUT2D eigenvalue weighted by atomic mass is 10.1. The van der Waals surface area contributed by atoms with Gasteiger partial charge in [-0.25, -0.2) is 4.52 Å². The minimum atomic E-state index is -4.48. The Balaban J connectivity index is 1.72. The van der Waals surface area contributed by atoms with Crippen LogP contribution in [0.5, 0.6) is 0 Å². The number of aromatic nitrogens is 3. The highest BCUT2D eigenvalue weighted by Gasteiger charge is 2.30. The SMILES string of the molecule is CON=COC(=O)Cc1cn2nc(C(=O)c3ccc(C(F)(F)F)cc3)nc2s1. The second kappa shape index (κ2) is 7.76. The van der Waals surface area contributed by atoms with Crippen LogP contribution in [0.2, 0.25) is 0 Å². The molecule has 0 unspecified atom stereocenters. The van der Waals surface area contributed by atoms with Crippen LogP contribution < -0.4 is 0 Å². The van der Waals surface area contributed by atoms with Crippen molar-refractivity contribution in [2.45, 2.75) is 12.6 Å². The number of thiazole rings is 1. The van der Waals surface area contributed by atoms with Crippen LogP contribution in [0.3, 0.4) is 0 Å². The summed E-state index contributed by atoms with van der Waals surface area (Å²) < 4.78 is 43.8. The van der Waals surface area contributed by atoms with Crippen LogP contribution in [0.1, 0.15) is 26.6 Å². The number of alkyl halides is 3. The lowest BCUT2D eigenvalue weighted by Crippen LogP contribution is -2.08. The fraction of sp³-hybridized carbons (Fsp3) is 0.188. The molecule has 0 aliphatic rings. The Morgan fingerprint density at radius 3 is 2.61 bits per heavy atom. The predicted molar refractivity (Wildman–Crippen MR) is 91.0 cm³/mol. The van der Waals surface area contributed by atoms with Gasteiger partial charge < -0.3 is 9.57 Å². The molecule has 3 rings (SSSR count). The highest BCUT2D eigenvalue weighted by molar-refractivity contribution is 7.17. The van der Waals surface area contributed by atoms with E-state index in [-0.39, 0.29) is 17.8 Å². The average molecular weight is 412 g/mol. The number of benzene rings is 1. The van der Waals surface area contributed by atoms with Crippen molar-refractivity contribution < 1.29 is 32.3 Å². The minimum absolute atomic E-state index is 0.0347. The first-order valence-corrected chi connectivity index (χ1v) is 8.41. The molecule has 0 fully saturated rings. The molecular formula is C16H11F3N4O4S. The number of ketones is 1. The van der Waals surface area contributed by atoms with Crippen LogP contribution in [-0.2, 0) is 27.0 Å². The number of carbonyl (C=O) groups excluding carboxylic acids is 2. The molecule has 8 nitrogen and oxygen atoms in total. The van der Waals surface area contributed by atoms with Crippen LogP contribution in [-0.4, -0.2) is 39.9 Å². The third-order valence-corrected chi connectivity index (χ3v) is 4.39. The number of nitrogens with zero attached hydrogens (tertiary/aromatic N) is 4. The first-order valence-electron chi connectivity index (χ1n) is 7.59. The maximum atomic E-state index is 12.6. The highest BCUT2D eigenvalue weighted by Crippen LogP contribution is 2.29. The van der Waals surface area contributed by atoms with Gasteiger partial charge in [0, 0.05) is 16.6 Å². The van der Waals surface area contributed by atoms with Gasteiger partial charge in [-0.2, -0.15) is 18.2 Å². The summed E-state index contributed by atoms with van der Waals surface area (Å²) in [7, 11) is 1.30. The van der Waals surface area contributed by atoms with Crippen LogP contribution in [0.15, 0.2) is 35.6 Å². The average Bonchev–Trinajstić information content (AvgIpc) is 3.19. The van der Waals surface area contributed by atoms with E-state index >= 15 is 0 Å². The molecule has 1 aromatic carbocycles. The van der Waals surface area contributed by atoms with Crippen LogP contribution in [0.4, 0.5) is 13.2 Å². The van der Waals surface area contributed by atoms with Crippen LogP contribution in [0.25, 0.3) is 4.96 Å². The number of ether oxygens (including phenoxy) is 1. The number of esters is 1. The van der Waals surface area contributed by atoms with Gasteiger partial charge in [0.25, 0.3) is 0 Å². The van der Waals surface area contributed by atoms with E-state index in [0.29, 0.717) is 9.84 Å². The van der Waals surface area contributed by atoms with Crippen LogP contribution in [0, 0.1) is 0 Å². The Bertz CT molecular complexity index is 1010. The topological polar surface area (TPSA) is 95.1 Å². The Labute approximate surface area is 159 Å². The van der Waals surface area contributed by atoms with Crippen molar-refractivity contribution in [2.75, 3.05) is 7.11 Å². The van der Waals surface area contributed by atoms with Gasteiger partial charge in [-0.3, -0.25) is 9.59 Å². The number of fused-ring (bicyclic) bond motifs is 1. The standard InChI is InChI=1S/C16H11F3N4O4S/c1-26-20-8-27-12(24)6-11-7-23-15(28-11)21-14(22-23)13(25)9-2-4-10(5-3-9)16(17,18)19/h2-5,7-8H,6H2,1H3. The molecule has 0 saturated heterocycles. The molecule has 0 aliphatic heterocycles. The van der Waals surface area contributed by atoms with Gasteiger partial charge in [-0.05, 0) is 12.1 Å². The maximum Gasteiger partial charge on any atom is 0.416 e. The van der Waals surface area contributed by atoms with Crippen LogP contribution >= 0.6 is 11.3 Å². The number of oxime groups is 1. The normalized spacial score (nSPS) is 11.9. The van der Waals surface area contributed by atoms with E-state index in [2.05, 4.69) is 24.8 Å². The fourth-order valence-corrected chi connectivity index (χ4v) is 3.06. The molecule has 0 N–H and O–H groups in total. The van der Waals surface area contributed by atoms with Crippen molar-refractivity contribution in [1.82, 2.24) is 14.6 Å². The van der Waals surface area contributed by atoms with Gasteiger partial charge in [0.2, 0.25) is 23.0 Å². The van der Waals surface area contributed by atoms with Crippen molar-refractivity contribution in [3.05, 3.63) is 52.3 Å². The Morgan fingerprint density at radius 2 is 2.00 bits per heavy atom. The molecular weight excluding hydrogens is 401 g/mol. The number of halogens is 3. The van der Waals surface area contributed by atoms with E-state index in [1.165, 1.54) is 17.8 Å². The van der Waals surface area contributed by atoms with Gasteiger partial charge in [-0.15, -0.1) is 5.10 Å². The van der Waals surface area contributed by atoms with E-state index in [0.717, 1.165) is 42.0 Å². The summed E-state index contributed by atoms with van der Waals surface area (Å²) in [6.45, 7) is 0. The molecule has 0 radical (unpaired) electrons. The molecule has 0 saturated carbocycles. The van der Waals surface area contributed by atoms with Crippen molar-refractivity contribution in [3.8, 4) is 0 Å². The second-order valence-electron chi connectivity index (χ2n) is 5.32. The summed E-state index contributed by atoms with van der Waals surface area (Å²) in [5, 5.41) is 7.28. The molecule has 0 bridgehead atoms.